The highest BCUT2D eigenvalue weighted by Crippen LogP contribution is 2.32. The lowest BCUT2D eigenvalue weighted by atomic mass is 9.98. The lowest BCUT2D eigenvalue weighted by Crippen LogP contribution is -1.92. The predicted octanol–water partition coefficient (Wildman–Crippen LogP) is 13.4. The maximum absolute atomic E-state index is 2.32. The molecule has 0 aliphatic heterocycles. The van der Waals surface area contributed by atoms with Crippen molar-refractivity contribution < 1.29 is 0 Å². The molecular weight excluding hydrogens is 629 g/mol. The molecule has 0 saturated heterocycles. The van der Waals surface area contributed by atoms with Crippen LogP contribution >= 0.6 is 0 Å². The lowest BCUT2D eigenvalue weighted by Gasteiger charge is -2.06. The Bertz CT molecular complexity index is 2640. The first-order valence-corrected chi connectivity index (χ1v) is 17.8. The molecule has 0 unspecified atom stereocenters. The summed E-state index contributed by atoms with van der Waals surface area (Å²) in [7, 11) is 2.12. The summed E-state index contributed by atoms with van der Waals surface area (Å²) in [5.41, 5.74) is 12.7. The van der Waals surface area contributed by atoms with E-state index >= 15 is 0 Å². The molecule has 2 nitrogen and oxygen atoms in total. The zero-order valence-electron chi connectivity index (χ0n) is 29.5. The molecule has 0 fully saturated rings. The summed E-state index contributed by atoms with van der Waals surface area (Å²) in [5.74, 6) is 0. The standard InChI is InChI=1S/C19H16.C18H13N.C13H11N/c1-15-7-5-10-17(13-15)19-12-6-11-18(14-19)16-8-3-2-4-9-16;1-2-8-14(9-3-1)19-17-12-6-4-10-15(17)16-11-5-7-13-18(16)19;1-14-12-8-4-2-6-10(12)11-7-3-5-9-13(11)14/h2-14H,1H3;1-13H;2-9H,1H3. The van der Waals surface area contributed by atoms with Gasteiger partial charge in [0.05, 0.1) is 11.0 Å². The third-order valence-electron chi connectivity index (χ3n) is 9.74. The van der Waals surface area contributed by atoms with Gasteiger partial charge < -0.3 is 9.13 Å². The fourth-order valence-electron chi connectivity index (χ4n) is 7.23. The molecule has 2 aromatic heterocycles. The van der Waals surface area contributed by atoms with Crippen LogP contribution in [0.5, 0.6) is 0 Å². The zero-order valence-corrected chi connectivity index (χ0v) is 29.5. The first-order chi connectivity index (χ1) is 25.7. The van der Waals surface area contributed by atoms with E-state index < -0.39 is 0 Å². The molecule has 0 atom stereocenters. The number of rotatable bonds is 3. The van der Waals surface area contributed by atoms with Gasteiger partial charge in [-0.2, -0.15) is 0 Å². The van der Waals surface area contributed by atoms with Crippen LogP contribution in [0.25, 0.3) is 71.6 Å². The smallest absolute Gasteiger partial charge is 0.0541 e. The Morgan fingerprint density at radius 3 is 1.19 bits per heavy atom. The maximum Gasteiger partial charge on any atom is 0.0541 e. The van der Waals surface area contributed by atoms with Crippen molar-refractivity contribution >= 4 is 43.6 Å². The highest BCUT2D eigenvalue weighted by molar-refractivity contribution is 6.09. The highest BCUT2D eigenvalue weighted by Gasteiger charge is 2.10. The topological polar surface area (TPSA) is 9.86 Å². The fraction of sp³-hybridized carbons (Fsp3) is 0.0400. The van der Waals surface area contributed by atoms with Gasteiger partial charge in [-0.1, -0.05) is 169 Å². The summed E-state index contributed by atoms with van der Waals surface area (Å²) in [5, 5.41) is 5.29. The van der Waals surface area contributed by atoms with Crippen molar-refractivity contribution in [1.29, 1.82) is 0 Å². The van der Waals surface area contributed by atoms with Crippen LogP contribution in [0.2, 0.25) is 0 Å². The summed E-state index contributed by atoms with van der Waals surface area (Å²) < 4.78 is 4.56. The Hall–Kier alpha value is -6.64. The first kappa shape index (κ1) is 32.6. The second-order valence-corrected chi connectivity index (χ2v) is 13.1. The summed E-state index contributed by atoms with van der Waals surface area (Å²) in [6.07, 6.45) is 0. The van der Waals surface area contributed by atoms with Crippen LogP contribution in [0, 0.1) is 6.92 Å². The summed E-state index contributed by atoms with van der Waals surface area (Å²) in [6.45, 7) is 2.13. The largest absolute Gasteiger partial charge is 0.344 e. The SMILES string of the molecule is Cc1cccc(-c2cccc(-c3ccccc3)c2)c1.Cn1c2ccccc2c2ccccc21.c1ccc(-n2c3ccccc3c3ccccc32)cc1. The number of hydrogen-bond donors (Lipinski definition) is 0. The van der Waals surface area contributed by atoms with Gasteiger partial charge in [-0.05, 0) is 71.6 Å². The Morgan fingerprint density at radius 1 is 0.308 bits per heavy atom. The highest BCUT2D eigenvalue weighted by atomic mass is 15.0. The van der Waals surface area contributed by atoms with Crippen molar-refractivity contribution in [2.75, 3.05) is 0 Å². The van der Waals surface area contributed by atoms with E-state index in [0.717, 1.165) is 0 Å². The molecule has 0 spiro atoms. The van der Waals surface area contributed by atoms with Crippen molar-refractivity contribution in [3.63, 3.8) is 0 Å². The van der Waals surface area contributed by atoms with Gasteiger partial charge in [0, 0.05) is 45.3 Å². The normalized spacial score (nSPS) is 10.9. The quantitative estimate of drug-likeness (QED) is 0.177. The fourth-order valence-corrected chi connectivity index (χ4v) is 7.23. The minimum absolute atomic E-state index is 1.21. The van der Waals surface area contributed by atoms with Crippen LogP contribution in [0.4, 0.5) is 0 Å². The molecule has 0 saturated carbocycles. The Morgan fingerprint density at radius 2 is 0.673 bits per heavy atom. The third-order valence-corrected chi connectivity index (χ3v) is 9.74. The van der Waals surface area contributed by atoms with Crippen LogP contribution in [0.3, 0.4) is 0 Å². The van der Waals surface area contributed by atoms with Gasteiger partial charge >= 0.3 is 0 Å². The van der Waals surface area contributed by atoms with Crippen molar-refractivity contribution in [3.8, 4) is 27.9 Å². The van der Waals surface area contributed by atoms with Crippen molar-refractivity contribution in [2.45, 2.75) is 6.92 Å². The molecule has 0 bridgehead atoms. The van der Waals surface area contributed by atoms with Crippen LogP contribution in [-0.4, -0.2) is 9.13 Å². The number of aromatic nitrogens is 2. The van der Waals surface area contributed by atoms with Gasteiger partial charge in [0.2, 0.25) is 0 Å². The number of aryl methyl sites for hydroxylation is 2. The lowest BCUT2D eigenvalue weighted by molar-refractivity contribution is 1.01. The third kappa shape index (κ3) is 6.51. The van der Waals surface area contributed by atoms with Gasteiger partial charge in [-0.25, -0.2) is 0 Å². The zero-order chi connectivity index (χ0) is 35.3. The van der Waals surface area contributed by atoms with Crippen LogP contribution < -0.4 is 0 Å². The van der Waals surface area contributed by atoms with Crippen molar-refractivity contribution in [3.05, 3.63) is 212 Å². The van der Waals surface area contributed by atoms with E-state index in [-0.39, 0.29) is 0 Å². The van der Waals surface area contributed by atoms with Crippen LogP contribution in [0.1, 0.15) is 5.56 Å². The predicted molar refractivity (Wildman–Crippen MR) is 223 cm³/mol. The molecule has 250 valence electrons. The average molecular weight is 669 g/mol. The monoisotopic (exact) mass is 668 g/mol. The van der Waals surface area contributed by atoms with E-state index in [9.17, 15) is 0 Å². The Kier molecular flexibility index (Phi) is 9.19. The second kappa shape index (κ2) is 14.7. The number of para-hydroxylation sites is 5. The van der Waals surface area contributed by atoms with Gasteiger partial charge in [-0.15, -0.1) is 0 Å². The molecule has 2 heteroatoms. The first-order valence-electron chi connectivity index (χ1n) is 17.8. The molecule has 0 radical (unpaired) electrons. The summed E-state index contributed by atoms with van der Waals surface area (Å²) in [4.78, 5) is 0. The molecule has 10 rings (SSSR count). The molecular formula is C50H40N2. The van der Waals surface area contributed by atoms with Crippen LogP contribution in [-0.2, 0) is 7.05 Å². The maximum atomic E-state index is 2.32. The van der Waals surface area contributed by atoms with Gasteiger partial charge in [0.25, 0.3) is 0 Å². The Labute approximate surface area is 305 Å². The number of benzene rings is 8. The minimum atomic E-state index is 1.21. The molecule has 2 heterocycles. The molecule has 0 N–H and O–H groups in total. The summed E-state index contributed by atoms with van der Waals surface area (Å²) >= 11 is 0. The molecule has 10 aromatic rings. The Balaban J connectivity index is 0.000000113. The second-order valence-electron chi connectivity index (χ2n) is 13.1. The molecule has 52 heavy (non-hydrogen) atoms. The van der Waals surface area contributed by atoms with Crippen molar-refractivity contribution in [2.24, 2.45) is 7.05 Å². The van der Waals surface area contributed by atoms with Gasteiger partial charge in [0.1, 0.15) is 0 Å². The number of hydrogen-bond acceptors (Lipinski definition) is 0. The molecule has 0 aliphatic carbocycles. The van der Waals surface area contributed by atoms with E-state index in [4.69, 9.17) is 0 Å². The number of fused-ring (bicyclic) bond motifs is 6. The molecule has 0 aliphatic rings. The summed E-state index contributed by atoms with van der Waals surface area (Å²) in [6, 6.07) is 72.5. The van der Waals surface area contributed by atoms with E-state index in [1.807, 2.05) is 6.07 Å². The van der Waals surface area contributed by atoms with Crippen LogP contribution in [0.15, 0.2) is 206 Å². The minimum Gasteiger partial charge on any atom is -0.344 e. The average Bonchev–Trinajstić information content (AvgIpc) is 3.71. The van der Waals surface area contributed by atoms with E-state index in [1.165, 1.54) is 77.1 Å². The van der Waals surface area contributed by atoms with E-state index in [1.54, 1.807) is 0 Å². The van der Waals surface area contributed by atoms with Gasteiger partial charge in [0.15, 0.2) is 0 Å². The van der Waals surface area contributed by atoms with E-state index in [0.29, 0.717) is 0 Å². The van der Waals surface area contributed by atoms with Gasteiger partial charge in [-0.3, -0.25) is 0 Å². The molecule has 8 aromatic carbocycles. The number of nitrogens with zero attached hydrogens (tertiary/aromatic N) is 2. The van der Waals surface area contributed by atoms with Crippen molar-refractivity contribution in [1.82, 2.24) is 9.13 Å². The molecule has 0 amide bonds. The van der Waals surface area contributed by atoms with E-state index in [2.05, 4.69) is 223 Å².